The van der Waals surface area contributed by atoms with Crippen LogP contribution in [0.25, 0.3) is 22.0 Å². The first-order valence-corrected chi connectivity index (χ1v) is 9.08. The van der Waals surface area contributed by atoms with E-state index in [0.717, 1.165) is 30.0 Å². The number of rotatable bonds is 3. The number of hydrogen-bond donors (Lipinski definition) is 2. The molecule has 2 fully saturated rings. The zero-order valence-corrected chi connectivity index (χ0v) is 14.6. The van der Waals surface area contributed by atoms with Gasteiger partial charge in [-0.3, -0.25) is 4.98 Å². The van der Waals surface area contributed by atoms with Gasteiger partial charge in [-0.2, -0.15) is 0 Å². The number of aromatic nitrogens is 3. The third-order valence-electron chi connectivity index (χ3n) is 5.22. The highest BCUT2D eigenvalue weighted by atomic mass is 35.5. The van der Waals surface area contributed by atoms with Gasteiger partial charge in [0.1, 0.15) is 11.4 Å². The number of ether oxygens (including phenoxy) is 1. The number of nitrogens with one attached hydrogen (secondary N) is 1. The Bertz CT molecular complexity index is 996. The molecule has 0 unspecified atom stereocenters. The van der Waals surface area contributed by atoms with Gasteiger partial charge >= 0.3 is 0 Å². The second-order valence-electron chi connectivity index (χ2n) is 6.84. The Labute approximate surface area is 155 Å². The molecule has 0 amide bonds. The van der Waals surface area contributed by atoms with Crippen LogP contribution in [0.2, 0.25) is 5.02 Å². The molecular formula is C19H17ClN4O2. The number of phenolic OH excluding ortho intramolecular Hbond substituents is 1. The van der Waals surface area contributed by atoms with Gasteiger partial charge in [0.25, 0.3) is 0 Å². The summed E-state index contributed by atoms with van der Waals surface area (Å²) in [4.78, 5) is 4.24. The van der Waals surface area contributed by atoms with Crippen molar-refractivity contribution in [1.29, 1.82) is 0 Å². The lowest BCUT2D eigenvalue weighted by Crippen LogP contribution is -2.31. The molecule has 0 aliphatic carbocycles. The van der Waals surface area contributed by atoms with Crippen molar-refractivity contribution in [3.05, 3.63) is 41.7 Å². The molecule has 7 heteroatoms. The van der Waals surface area contributed by atoms with Gasteiger partial charge in [0, 0.05) is 33.8 Å². The normalized spacial score (nSPS) is 24.3. The van der Waals surface area contributed by atoms with E-state index in [4.69, 9.17) is 16.3 Å². The van der Waals surface area contributed by atoms with Crippen LogP contribution < -0.4 is 5.32 Å². The average molecular weight is 369 g/mol. The highest BCUT2D eigenvalue weighted by Crippen LogP contribution is 2.38. The number of aromatic hydroxyl groups is 1. The molecule has 2 aromatic heterocycles. The number of hydrogen-bond acceptors (Lipinski definition) is 6. The lowest BCUT2D eigenvalue weighted by atomic mass is 9.95. The summed E-state index contributed by atoms with van der Waals surface area (Å²) in [7, 11) is 0. The van der Waals surface area contributed by atoms with Crippen LogP contribution in [0.1, 0.15) is 19.3 Å². The van der Waals surface area contributed by atoms with E-state index in [1.165, 1.54) is 6.07 Å². The van der Waals surface area contributed by atoms with E-state index in [0.29, 0.717) is 28.2 Å². The van der Waals surface area contributed by atoms with Crippen molar-refractivity contribution in [2.45, 2.75) is 37.5 Å². The third-order valence-corrected chi connectivity index (χ3v) is 5.46. The summed E-state index contributed by atoms with van der Waals surface area (Å²) in [6, 6.07) is 7.11. The van der Waals surface area contributed by atoms with Crippen molar-refractivity contribution < 1.29 is 9.84 Å². The van der Waals surface area contributed by atoms with Crippen LogP contribution >= 0.6 is 11.6 Å². The number of anilines is 1. The number of fused-ring (bicyclic) bond motifs is 3. The van der Waals surface area contributed by atoms with Crippen molar-refractivity contribution in [3.63, 3.8) is 0 Å². The molecule has 2 aliphatic rings. The number of pyridine rings is 1. The minimum absolute atomic E-state index is 0.0760. The summed E-state index contributed by atoms with van der Waals surface area (Å²) in [5, 5.41) is 24.8. The van der Waals surface area contributed by atoms with Gasteiger partial charge in [-0.05, 0) is 43.5 Å². The molecule has 26 heavy (non-hydrogen) atoms. The summed E-state index contributed by atoms with van der Waals surface area (Å²) in [6.07, 6.45) is 7.32. The molecule has 0 radical (unpaired) electrons. The van der Waals surface area contributed by atoms with Crippen LogP contribution in [0, 0.1) is 0 Å². The van der Waals surface area contributed by atoms with E-state index in [9.17, 15) is 5.11 Å². The summed E-state index contributed by atoms with van der Waals surface area (Å²) in [5.74, 6) is 0.776. The third kappa shape index (κ3) is 2.57. The molecule has 4 heterocycles. The summed E-state index contributed by atoms with van der Waals surface area (Å²) in [5.41, 5.74) is 1.19. The zero-order chi connectivity index (χ0) is 17.7. The van der Waals surface area contributed by atoms with Gasteiger partial charge in [-0.25, -0.2) is 0 Å². The van der Waals surface area contributed by atoms with Crippen LogP contribution in [0.4, 0.5) is 5.82 Å². The van der Waals surface area contributed by atoms with Gasteiger partial charge in [0.15, 0.2) is 5.82 Å². The van der Waals surface area contributed by atoms with Gasteiger partial charge in [0.05, 0.1) is 18.2 Å². The molecular weight excluding hydrogens is 352 g/mol. The topological polar surface area (TPSA) is 80.2 Å². The number of phenols is 1. The van der Waals surface area contributed by atoms with E-state index in [2.05, 4.69) is 20.5 Å². The molecule has 6 nitrogen and oxygen atoms in total. The Morgan fingerprint density at radius 3 is 2.85 bits per heavy atom. The van der Waals surface area contributed by atoms with Crippen LogP contribution in [0.5, 0.6) is 5.75 Å². The van der Waals surface area contributed by atoms with Crippen molar-refractivity contribution in [3.8, 4) is 17.0 Å². The second kappa shape index (κ2) is 6.07. The fourth-order valence-corrected chi connectivity index (χ4v) is 4.14. The highest BCUT2D eigenvalue weighted by Gasteiger charge is 2.41. The summed E-state index contributed by atoms with van der Waals surface area (Å²) < 4.78 is 5.92. The summed E-state index contributed by atoms with van der Waals surface area (Å²) in [6.45, 7) is 0. The fourth-order valence-electron chi connectivity index (χ4n) is 3.97. The molecule has 2 N–H and O–H groups in total. The predicted molar refractivity (Wildman–Crippen MR) is 99.4 cm³/mol. The van der Waals surface area contributed by atoms with E-state index < -0.39 is 0 Å². The Morgan fingerprint density at radius 2 is 2.08 bits per heavy atom. The Hall–Kier alpha value is -2.44. The average Bonchev–Trinajstić information content (AvgIpc) is 3.26. The van der Waals surface area contributed by atoms with E-state index in [1.54, 1.807) is 24.5 Å². The van der Waals surface area contributed by atoms with Crippen LogP contribution in [-0.4, -0.2) is 38.5 Å². The maximum atomic E-state index is 10.3. The maximum absolute atomic E-state index is 10.3. The van der Waals surface area contributed by atoms with E-state index in [1.807, 2.05) is 6.07 Å². The Kier molecular flexibility index (Phi) is 3.69. The van der Waals surface area contributed by atoms with Gasteiger partial charge < -0.3 is 15.2 Å². The molecule has 3 atom stereocenters. The largest absolute Gasteiger partial charge is 0.507 e. The van der Waals surface area contributed by atoms with Crippen molar-refractivity contribution in [2.75, 3.05) is 5.32 Å². The number of halogens is 1. The van der Waals surface area contributed by atoms with Crippen LogP contribution in [-0.2, 0) is 4.74 Å². The number of nitrogens with zero attached hydrogens (tertiary/aromatic N) is 3. The standard InChI is InChI=1S/C19H17ClN4O2/c20-10-1-3-13(16(25)7-10)18-12-5-6-21-9-14(12)19(24-23-18)22-15-8-11-2-4-17(15)26-11/h1,3,5-7,9,11,15,17,25H,2,4,8H2,(H,22,24)/t11-,15-,17+/m1/s1. The fraction of sp³-hybridized carbons (Fsp3) is 0.316. The van der Waals surface area contributed by atoms with E-state index >= 15 is 0 Å². The molecule has 132 valence electrons. The van der Waals surface area contributed by atoms with Crippen LogP contribution in [0.3, 0.4) is 0 Å². The Morgan fingerprint density at radius 1 is 1.15 bits per heavy atom. The summed E-state index contributed by atoms with van der Waals surface area (Å²) >= 11 is 5.95. The predicted octanol–water partition coefficient (Wildman–Crippen LogP) is 3.78. The first-order valence-electron chi connectivity index (χ1n) is 8.70. The first kappa shape index (κ1) is 15.8. The second-order valence-corrected chi connectivity index (χ2v) is 7.28. The maximum Gasteiger partial charge on any atom is 0.158 e. The van der Waals surface area contributed by atoms with E-state index in [-0.39, 0.29) is 17.9 Å². The monoisotopic (exact) mass is 368 g/mol. The lowest BCUT2D eigenvalue weighted by molar-refractivity contribution is 0.102. The molecule has 2 bridgehead atoms. The minimum Gasteiger partial charge on any atom is -0.507 e. The van der Waals surface area contributed by atoms with Crippen molar-refractivity contribution in [1.82, 2.24) is 15.2 Å². The Balaban J connectivity index is 1.58. The molecule has 3 aromatic rings. The molecule has 0 spiro atoms. The van der Waals surface area contributed by atoms with Crippen LogP contribution in [0.15, 0.2) is 36.7 Å². The van der Waals surface area contributed by atoms with Gasteiger partial charge in [-0.1, -0.05) is 11.6 Å². The van der Waals surface area contributed by atoms with Crippen molar-refractivity contribution in [2.24, 2.45) is 0 Å². The molecule has 0 saturated carbocycles. The number of benzene rings is 1. The van der Waals surface area contributed by atoms with Crippen molar-refractivity contribution >= 4 is 28.2 Å². The van der Waals surface area contributed by atoms with Gasteiger partial charge in [0.2, 0.25) is 0 Å². The lowest BCUT2D eigenvalue weighted by Gasteiger charge is -2.21. The molecule has 2 saturated heterocycles. The first-order chi connectivity index (χ1) is 12.7. The quantitative estimate of drug-likeness (QED) is 0.732. The zero-order valence-electron chi connectivity index (χ0n) is 13.9. The molecule has 2 aliphatic heterocycles. The minimum atomic E-state index is 0.0760. The van der Waals surface area contributed by atoms with Gasteiger partial charge in [-0.15, -0.1) is 10.2 Å². The smallest absolute Gasteiger partial charge is 0.158 e. The highest BCUT2D eigenvalue weighted by molar-refractivity contribution is 6.30. The molecule has 1 aromatic carbocycles. The SMILES string of the molecule is Oc1cc(Cl)ccc1-c1nnc(N[C@@H]2C[C@H]3CC[C@@H]2O3)c2cnccc12. The molecule has 5 rings (SSSR count).